The van der Waals surface area contributed by atoms with Gasteiger partial charge in [-0.1, -0.05) is 6.07 Å². The van der Waals surface area contributed by atoms with Crippen LogP contribution in [0.15, 0.2) is 36.7 Å². The van der Waals surface area contributed by atoms with E-state index >= 15 is 0 Å². The molecule has 0 aliphatic rings. The third kappa shape index (κ3) is 3.37. The fourth-order valence-corrected chi connectivity index (χ4v) is 1.76. The largest absolute Gasteiger partial charge is 0.348 e. The summed E-state index contributed by atoms with van der Waals surface area (Å²) in [6.07, 6.45) is 3.22. The molecule has 2 aromatic rings. The molecule has 1 aromatic heterocycles. The van der Waals surface area contributed by atoms with Crippen LogP contribution in [0.5, 0.6) is 0 Å². The summed E-state index contributed by atoms with van der Waals surface area (Å²) in [5.74, 6) is -1.61. The number of halogens is 2. The fourth-order valence-electron chi connectivity index (χ4n) is 1.76. The van der Waals surface area contributed by atoms with E-state index in [1.807, 2.05) is 0 Å². The average molecular weight is 265 g/mol. The number of nitrogens with zero attached hydrogens (tertiary/aromatic N) is 2. The minimum atomic E-state index is -0.674. The quantitative estimate of drug-likeness (QED) is 0.919. The van der Waals surface area contributed by atoms with Crippen molar-refractivity contribution in [2.45, 2.75) is 19.5 Å². The SMILES string of the molecule is C[C@H](NC(=O)Cn1cccn1)c1ccc(F)cc1F. The Bertz CT molecular complexity index is 569. The maximum Gasteiger partial charge on any atom is 0.242 e. The van der Waals surface area contributed by atoms with E-state index in [1.54, 1.807) is 25.4 Å². The number of carbonyl (C=O) groups is 1. The maximum atomic E-state index is 13.5. The summed E-state index contributed by atoms with van der Waals surface area (Å²) in [6.45, 7) is 1.69. The Morgan fingerprint density at radius 2 is 2.26 bits per heavy atom. The van der Waals surface area contributed by atoms with Crippen molar-refractivity contribution >= 4 is 5.91 Å². The molecule has 0 bridgehead atoms. The second-order valence-electron chi connectivity index (χ2n) is 4.16. The van der Waals surface area contributed by atoms with Gasteiger partial charge in [0.15, 0.2) is 0 Å². The van der Waals surface area contributed by atoms with Crippen LogP contribution in [-0.4, -0.2) is 15.7 Å². The van der Waals surface area contributed by atoms with Crippen LogP contribution in [-0.2, 0) is 11.3 Å². The first kappa shape index (κ1) is 13.2. The summed E-state index contributed by atoms with van der Waals surface area (Å²) in [4.78, 5) is 11.7. The lowest BCUT2D eigenvalue weighted by Gasteiger charge is -2.15. The second kappa shape index (κ2) is 5.60. The van der Waals surface area contributed by atoms with Crippen molar-refractivity contribution < 1.29 is 13.6 Å². The number of carbonyl (C=O) groups excluding carboxylic acids is 1. The van der Waals surface area contributed by atoms with Crippen molar-refractivity contribution in [3.8, 4) is 0 Å². The van der Waals surface area contributed by atoms with Crippen molar-refractivity contribution in [1.29, 1.82) is 0 Å². The van der Waals surface area contributed by atoms with E-state index in [2.05, 4.69) is 10.4 Å². The number of benzene rings is 1. The third-order valence-corrected chi connectivity index (χ3v) is 2.67. The smallest absolute Gasteiger partial charge is 0.242 e. The normalized spacial score (nSPS) is 12.2. The summed E-state index contributed by atoms with van der Waals surface area (Å²) in [7, 11) is 0. The van der Waals surface area contributed by atoms with Gasteiger partial charge in [0, 0.05) is 24.0 Å². The summed E-state index contributed by atoms with van der Waals surface area (Å²) in [5.41, 5.74) is 0.246. The first-order valence-electron chi connectivity index (χ1n) is 5.78. The Hall–Kier alpha value is -2.24. The minimum Gasteiger partial charge on any atom is -0.348 e. The predicted octanol–water partition coefficient (Wildman–Crippen LogP) is 2.04. The van der Waals surface area contributed by atoms with E-state index in [1.165, 1.54) is 10.7 Å². The molecule has 1 atom stereocenters. The molecule has 0 spiro atoms. The van der Waals surface area contributed by atoms with E-state index in [0.717, 1.165) is 12.1 Å². The van der Waals surface area contributed by atoms with Gasteiger partial charge in [-0.05, 0) is 19.1 Å². The highest BCUT2D eigenvalue weighted by Gasteiger charge is 2.14. The molecule has 4 nitrogen and oxygen atoms in total. The van der Waals surface area contributed by atoms with E-state index in [9.17, 15) is 13.6 Å². The van der Waals surface area contributed by atoms with Crippen LogP contribution in [0.1, 0.15) is 18.5 Å². The number of nitrogens with one attached hydrogen (secondary N) is 1. The lowest BCUT2D eigenvalue weighted by atomic mass is 10.1. The van der Waals surface area contributed by atoms with Crippen molar-refractivity contribution in [2.24, 2.45) is 0 Å². The zero-order valence-corrected chi connectivity index (χ0v) is 10.3. The summed E-state index contributed by atoms with van der Waals surface area (Å²) in [6, 6.07) is 4.45. The summed E-state index contributed by atoms with van der Waals surface area (Å²) >= 11 is 0. The number of hydrogen-bond acceptors (Lipinski definition) is 2. The molecule has 0 radical (unpaired) electrons. The van der Waals surface area contributed by atoms with Gasteiger partial charge in [0.2, 0.25) is 5.91 Å². The molecule has 0 saturated heterocycles. The molecule has 0 unspecified atom stereocenters. The summed E-state index contributed by atoms with van der Waals surface area (Å²) < 4.78 is 27.8. The van der Waals surface area contributed by atoms with Gasteiger partial charge in [-0.3, -0.25) is 9.48 Å². The topological polar surface area (TPSA) is 46.9 Å². The van der Waals surface area contributed by atoms with Crippen molar-refractivity contribution in [3.63, 3.8) is 0 Å². The lowest BCUT2D eigenvalue weighted by molar-refractivity contribution is -0.122. The molecule has 0 fully saturated rings. The monoisotopic (exact) mass is 265 g/mol. The highest BCUT2D eigenvalue weighted by molar-refractivity contribution is 5.76. The van der Waals surface area contributed by atoms with Gasteiger partial charge in [0.05, 0.1) is 6.04 Å². The number of hydrogen-bond donors (Lipinski definition) is 1. The van der Waals surface area contributed by atoms with Gasteiger partial charge in [-0.2, -0.15) is 5.10 Å². The van der Waals surface area contributed by atoms with Crippen LogP contribution in [0.3, 0.4) is 0 Å². The molecule has 1 aromatic carbocycles. The standard InChI is InChI=1S/C13H13F2N3O/c1-9(11-4-3-10(14)7-12(11)15)17-13(19)8-18-6-2-5-16-18/h2-7,9H,8H2,1H3,(H,17,19)/t9-/m0/s1. The highest BCUT2D eigenvalue weighted by Crippen LogP contribution is 2.17. The molecule has 0 aliphatic heterocycles. The molecule has 1 amide bonds. The molecular weight excluding hydrogens is 252 g/mol. The van der Waals surface area contributed by atoms with Crippen molar-refractivity contribution in [1.82, 2.24) is 15.1 Å². The van der Waals surface area contributed by atoms with Gasteiger partial charge in [-0.15, -0.1) is 0 Å². The first-order valence-corrected chi connectivity index (χ1v) is 5.78. The molecule has 19 heavy (non-hydrogen) atoms. The van der Waals surface area contributed by atoms with E-state index < -0.39 is 17.7 Å². The number of rotatable bonds is 4. The van der Waals surface area contributed by atoms with Crippen LogP contribution >= 0.6 is 0 Å². The van der Waals surface area contributed by atoms with Gasteiger partial charge in [-0.25, -0.2) is 8.78 Å². The molecule has 1 N–H and O–H groups in total. The number of aromatic nitrogens is 2. The summed E-state index contributed by atoms with van der Waals surface area (Å²) in [5, 5.41) is 6.53. The highest BCUT2D eigenvalue weighted by atomic mass is 19.1. The van der Waals surface area contributed by atoms with Crippen molar-refractivity contribution in [3.05, 3.63) is 53.9 Å². The zero-order valence-electron chi connectivity index (χ0n) is 10.3. The van der Waals surface area contributed by atoms with Gasteiger partial charge in [0.1, 0.15) is 18.2 Å². The van der Waals surface area contributed by atoms with E-state index in [0.29, 0.717) is 0 Å². The molecule has 6 heteroatoms. The van der Waals surface area contributed by atoms with Gasteiger partial charge >= 0.3 is 0 Å². The maximum absolute atomic E-state index is 13.5. The van der Waals surface area contributed by atoms with Crippen LogP contribution < -0.4 is 5.32 Å². The van der Waals surface area contributed by atoms with Crippen LogP contribution in [0.4, 0.5) is 8.78 Å². The van der Waals surface area contributed by atoms with Crippen LogP contribution in [0, 0.1) is 11.6 Å². The number of amides is 1. The Morgan fingerprint density at radius 1 is 1.47 bits per heavy atom. The Labute approximate surface area is 109 Å². The first-order chi connectivity index (χ1) is 9.06. The zero-order chi connectivity index (χ0) is 13.8. The Kier molecular flexibility index (Phi) is 3.89. The van der Waals surface area contributed by atoms with Gasteiger partial charge in [0.25, 0.3) is 0 Å². The third-order valence-electron chi connectivity index (χ3n) is 2.67. The molecule has 0 saturated carbocycles. The molecule has 2 rings (SSSR count). The predicted molar refractivity (Wildman–Crippen MR) is 65.1 cm³/mol. The molecule has 100 valence electrons. The van der Waals surface area contributed by atoms with E-state index in [-0.39, 0.29) is 18.0 Å². The Balaban J connectivity index is 2.00. The minimum absolute atomic E-state index is 0.0557. The van der Waals surface area contributed by atoms with Gasteiger partial charge < -0.3 is 5.32 Å². The van der Waals surface area contributed by atoms with Crippen molar-refractivity contribution in [2.75, 3.05) is 0 Å². The lowest BCUT2D eigenvalue weighted by Crippen LogP contribution is -2.30. The molecule has 1 heterocycles. The molecular formula is C13H13F2N3O. The van der Waals surface area contributed by atoms with E-state index in [4.69, 9.17) is 0 Å². The molecule has 0 aliphatic carbocycles. The van der Waals surface area contributed by atoms with Crippen LogP contribution in [0.2, 0.25) is 0 Å². The second-order valence-corrected chi connectivity index (χ2v) is 4.16. The average Bonchev–Trinajstić information content (AvgIpc) is 2.81. The van der Waals surface area contributed by atoms with Crippen LogP contribution in [0.25, 0.3) is 0 Å². The fraction of sp³-hybridized carbons (Fsp3) is 0.231. The Morgan fingerprint density at radius 3 is 2.89 bits per heavy atom.